The zero-order valence-electron chi connectivity index (χ0n) is 11.3. The molecule has 3 aromatic heterocycles. The highest BCUT2D eigenvalue weighted by atomic mass is 35.5. The summed E-state index contributed by atoms with van der Waals surface area (Å²) >= 11 is 6.14. The van der Waals surface area contributed by atoms with Crippen molar-refractivity contribution in [3.63, 3.8) is 0 Å². The molecule has 0 fully saturated rings. The molecule has 0 aliphatic heterocycles. The number of halogens is 1. The summed E-state index contributed by atoms with van der Waals surface area (Å²) in [7, 11) is 0. The third kappa shape index (κ3) is 2.25. The Hall–Kier alpha value is -2.01. The van der Waals surface area contributed by atoms with Gasteiger partial charge in [0.05, 0.1) is 0 Å². The van der Waals surface area contributed by atoms with E-state index >= 15 is 0 Å². The molecule has 0 aromatic carbocycles. The lowest BCUT2D eigenvalue weighted by atomic mass is 10.2. The second-order valence-electron chi connectivity index (χ2n) is 4.71. The predicted molar refractivity (Wildman–Crippen MR) is 76.9 cm³/mol. The van der Waals surface area contributed by atoms with Crippen LogP contribution < -0.4 is 0 Å². The third-order valence-electron chi connectivity index (χ3n) is 3.43. The molecule has 0 amide bonds. The first-order chi connectivity index (χ1) is 9.66. The maximum absolute atomic E-state index is 6.14. The van der Waals surface area contributed by atoms with E-state index < -0.39 is 0 Å². The lowest BCUT2D eigenvalue weighted by Gasteiger charge is -2.05. The van der Waals surface area contributed by atoms with Gasteiger partial charge in [-0.05, 0) is 38.0 Å². The molecule has 0 spiro atoms. The van der Waals surface area contributed by atoms with Gasteiger partial charge >= 0.3 is 0 Å². The molecule has 3 rings (SSSR count). The Bertz CT molecular complexity index is 751. The van der Waals surface area contributed by atoms with Crippen LogP contribution in [-0.2, 0) is 12.8 Å². The van der Waals surface area contributed by atoms with Gasteiger partial charge in [0.1, 0.15) is 0 Å². The minimum atomic E-state index is 0.494. The fourth-order valence-corrected chi connectivity index (χ4v) is 2.30. The first kappa shape index (κ1) is 13.0. The minimum absolute atomic E-state index is 0.494. The molecule has 3 aromatic rings. The summed E-state index contributed by atoms with van der Waals surface area (Å²) in [5.74, 6) is 0.802. The Balaban J connectivity index is 1.93. The maximum Gasteiger partial charge on any atom is 0.181 e. The van der Waals surface area contributed by atoms with Gasteiger partial charge in [0.25, 0.3) is 0 Å². The number of aromatic nitrogens is 5. The molecule has 0 unspecified atom stereocenters. The standard InChI is InChI=1S/C14H14ClN5/c1-9-10(2)14-18-17-12(20(14)19-13(9)15)7-6-11-5-3-4-8-16-11/h3-5,8H,6-7H2,1-2H3. The van der Waals surface area contributed by atoms with Crippen LogP contribution in [0.3, 0.4) is 0 Å². The molecule has 102 valence electrons. The Morgan fingerprint density at radius 2 is 1.95 bits per heavy atom. The Morgan fingerprint density at radius 1 is 1.10 bits per heavy atom. The molecule has 6 heteroatoms. The molecule has 5 nitrogen and oxygen atoms in total. The van der Waals surface area contributed by atoms with Crippen molar-refractivity contribution < 1.29 is 0 Å². The summed E-state index contributed by atoms with van der Waals surface area (Å²) in [4.78, 5) is 4.30. The average Bonchev–Trinajstić information content (AvgIpc) is 2.87. The Labute approximate surface area is 121 Å². The van der Waals surface area contributed by atoms with Crippen LogP contribution in [0.4, 0.5) is 0 Å². The predicted octanol–water partition coefficient (Wildman–Crippen LogP) is 2.57. The first-order valence-corrected chi connectivity index (χ1v) is 6.81. The molecule has 0 atom stereocenters. The quantitative estimate of drug-likeness (QED) is 0.743. The van der Waals surface area contributed by atoms with Gasteiger partial charge in [-0.3, -0.25) is 4.98 Å². The summed E-state index contributed by atoms with van der Waals surface area (Å²) in [6.07, 6.45) is 3.32. The normalized spacial score (nSPS) is 11.2. The number of pyridine rings is 1. The molecule has 0 saturated heterocycles. The minimum Gasteiger partial charge on any atom is -0.261 e. The van der Waals surface area contributed by atoms with Gasteiger partial charge in [0.15, 0.2) is 16.6 Å². The molecule has 0 aliphatic rings. The van der Waals surface area contributed by atoms with E-state index in [1.54, 1.807) is 10.7 Å². The van der Waals surface area contributed by atoms with Gasteiger partial charge in [0.2, 0.25) is 0 Å². The summed E-state index contributed by atoms with van der Waals surface area (Å²) in [5, 5.41) is 13.3. The maximum atomic E-state index is 6.14. The fourth-order valence-electron chi connectivity index (χ4n) is 2.08. The second kappa shape index (κ2) is 5.17. The number of hydrogen-bond acceptors (Lipinski definition) is 4. The van der Waals surface area contributed by atoms with Gasteiger partial charge in [0, 0.05) is 23.9 Å². The zero-order chi connectivity index (χ0) is 14.1. The van der Waals surface area contributed by atoms with E-state index in [0.717, 1.165) is 41.1 Å². The summed E-state index contributed by atoms with van der Waals surface area (Å²) in [6.45, 7) is 3.92. The number of fused-ring (bicyclic) bond motifs is 1. The second-order valence-corrected chi connectivity index (χ2v) is 5.07. The number of nitrogens with zero attached hydrogens (tertiary/aromatic N) is 5. The van der Waals surface area contributed by atoms with E-state index in [2.05, 4.69) is 20.3 Å². The van der Waals surface area contributed by atoms with E-state index in [9.17, 15) is 0 Å². The first-order valence-electron chi connectivity index (χ1n) is 6.43. The number of rotatable bonds is 3. The summed E-state index contributed by atoms with van der Waals surface area (Å²) in [5.41, 5.74) is 3.76. The van der Waals surface area contributed by atoms with Gasteiger partial charge in [-0.1, -0.05) is 17.7 Å². The van der Waals surface area contributed by atoms with E-state index in [1.807, 2.05) is 32.0 Å². The molecule has 0 radical (unpaired) electrons. The van der Waals surface area contributed by atoms with E-state index in [0.29, 0.717) is 5.15 Å². The molecule has 3 heterocycles. The summed E-state index contributed by atoms with van der Waals surface area (Å²) in [6, 6.07) is 5.88. The fraction of sp³-hybridized carbons (Fsp3) is 0.286. The van der Waals surface area contributed by atoms with Crippen molar-refractivity contribution in [2.75, 3.05) is 0 Å². The highest BCUT2D eigenvalue weighted by molar-refractivity contribution is 6.30. The summed E-state index contributed by atoms with van der Waals surface area (Å²) < 4.78 is 1.73. The van der Waals surface area contributed by atoms with Crippen LogP contribution in [-0.4, -0.2) is 24.8 Å². The van der Waals surface area contributed by atoms with Crippen LogP contribution in [0.5, 0.6) is 0 Å². The van der Waals surface area contributed by atoms with E-state index in [4.69, 9.17) is 11.6 Å². The zero-order valence-corrected chi connectivity index (χ0v) is 12.1. The molecule has 0 saturated carbocycles. The van der Waals surface area contributed by atoms with Gasteiger partial charge < -0.3 is 0 Å². The van der Waals surface area contributed by atoms with Crippen LogP contribution in [0.25, 0.3) is 5.65 Å². The lowest BCUT2D eigenvalue weighted by Crippen LogP contribution is -2.04. The SMILES string of the molecule is Cc1c(Cl)nn2c(CCc3ccccn3)nnc2c1C. The van der Waals surface area contributed by atoms with Crippen molar-refractivity contribution in [2.45, 2.75) is 26.7 Å². The Morgan fingerprint density at radius 3 is 2.70 bits per heavy atom. The highest BCUT2D eigenvalue weighted by Gasteiger charge is 2.13. The molecule has 0 bridgehead atoms. The highest BCUT2D eigenvalue weighted by Crippen LogP contribution is 2.19. The Kier molecular flexibility index (Phi) is 3.36. The van der Waals surface area contributed by atoms with Gasteiger partial charge in [-0.15, -0.1) is 10.2 Å². The van der Waals surface area contributed by atoms with Crippen LogP contribution in [0.15, 0.2) is 24.4 Å². The largest absolute Gasteiger partial charge is 0.261 e. The van der Waals surface area contributed by atoms with E-state index in [1.165, 1.54) is 0 Å². The van der Waals surface area contributed by atoms with Crippen molar-refractivity contribution in [1.82, 2.24) is 24.8 Å². The van der Waals surface area contributed by atoms with Gasteiger partial charge in [-0.2, -0.15) is 9.61 Å². The van der Waals surface area contributed by atoms with Crippen molar-refractivity contribution in [2.24, 2.45) is 0 Å². The smallest absolute Gasteiger partial charge is 0.181 e. The van der Waals surface area contributed by atoms with Crippen LogP contribution in [0.2, 0.25) is 5.15 Å². The molecule has 0 N–H and O–H groups in total. The average molecular weight is 288 g/mol. The van der Waals surface area contributed by atoms with Crippen molar-refractivity contribution in [3.8, 4) is 0 Å². The number of aryl methyl sites for hydroxylation is 3. The molecule has 20 heavy (non-hydrogen) atoms. The topological polar surface area (TPSA) is 56.0 Å². The van der Waals surface area contributed by atoms with Crippen molar-refractivity contribution >= 4 is 17.2 Å². The number of hydrogen-bond donors (Lipinski definition) is 0. The van der Waals surface area contributed by atoms with Crippen molar-refractivity contribution in [1.29, 1.82) is 0 Å². The van der Waals surface area contributed by atoms with E-state index in [-0.39, 0.29) is 0 Å². The molecular formula is C14H14ClN5. The van der Waals surface area contributed by atoms with Gasteiger partial charge in [-0.25, -0.2) is 0 Å². The van der Waals surface area contributed by atoms with Crippen LogP contribution in [0.1, 0.15) is 22.6 Å². The molecular weight excluding hydrogens is 274 g/mol. The monoisotopic (exact) mass is 287 g/mol. The van der Waals surface area contributed by atoms with Crippen LogP contribution in [0, 0.1) is 13.8 Å². The molecule has 0 aliphatic carbocycles. The lowest BCUT2D eigenvalue weighted by molar-refractivity contribution is 0.770. The third-order valence-corrected chi connectivity index (χ3v) is 3.79. The van der Waals surface area contributed by atoms with Crippen molar-refractivity contribution in [3.05, 3.63) is 52.2 Å². The van der Waals surface area contributed by atoms with Crippen LogP contribution >= 0.6 is 11.6 Å².